The number of halogens is 1. The van der Waals surface area contributed by atoms with Crippen molar-refractivity contribution < 1.29 is 14.1 Å². The number of nitrogens with zero attached hydrogens (tertiary/aromatic N) is 4. The van der Waals surface area contributed by atoms with Gasteiger partial charge in [0.05, 0.1) is 11.1 Å². The van der Waals surface area contributed by atoms with E-state index in [1.54, 1.807) is 23.1 Å². The SMILES string of the molecule is C=CCOc1ccc(Cl)c(C(=O)N2CC(c3noc(=O)[nH]3)N3CCC2C3)n1. The minimum atomic E-state index is -0.610. The van der Waals surface area contributed by atoms with E-state index in [1.165, 1.54) is 0 Å². The van der Waals surface area contributed by atoms with E-state index in [9.17, 15) is 9.59 Å². The first-order valence-electron chi connectivity index (χ1n) is 8.58. The van der Waals surface area contributed by atoms with E-state index >= 15 is 0 Å². The lowest BCUT2D eigenvalue weighted by Crippen LogP contribution is -2.51. The Morgan fingerprint density at radius 3 is 3.07 bits per heavy atom. The highest BCUT2D eigenvalue weighted by molar-refractivity contribution is 6.33. The number of aromatic nitrogens is 3. The molecule has 1 amide bonds. The predicted octanol–water partition coefficient (Wildman–Crippen LogP) is 1.25. The molecule has 0 radical (unpaired) electrons. The van der Waals surface area contributed by atoms with Crippen LogP contribution in [0, 0.1) is 0 Å². The second kappa shape index (κ2) is 7.16. The molecule has 4 heterocycles. The Morgan fingerprint density at radius 2 is 2.33 bits per heavy atom. The van der Waals surface area contributed by atoms with Gasteiger partial charge in [0.15, 0.2) is 11.5 Å². The Kier molecular flexibility index (Phi) is 4.71. The number of rotatable bonds is 5. The molecule has 4 rings (SSSR count). The van der Waals surface area contributed by atoms with Crippen LogP contribution in [0.25, 0.3) is 0 Å². The molecule has 2 aromatic heterocycles. The summed E-state index contributed by atoms with van der Waals surface area (Å²) >= 11 is 6.23. The monoisotopic (exact) mass is 391 g/mol. The van der Waals surface area contributed by atoms with Gasteiger partial charge in [-0.3, -0.25) is 19.2 Å². The summed E-state index contributed by atoms with van der Waals surface area (Å²) in [6.07, 6.45) is 2.42. The quantitative estimate of drug-likeness (QED) is 0.764. The van der Waals surface area contributed by atoms with E-state index in [0.29, 0.717) is 24.8 Å². The number of amides is 1. The standard InChI is InChI=1S/C17H18ClN5O4/c1-2-7-26-13-4-3-11(18)14(19-13)16(24)23-9-12(15-20-17(25)27-21-15)22-6-5-10(23)8-22/h2-4,10,12H,1,5-9H2,(H,20,21,25). The fourth-order valence-corrected chi connectivity index (χ4v) is 3.77. The molecule has 10 heteroatoms. The number of fused-ring (bicyclic) bond motifs is 2. The zero-order valence-corrected chi connectivity index (χ0v) is 15.2. The van der Waals surface area contributed by atoms with Gasteiger partial charge < -0.3 is 9.64 Å². The number of pyridine rings is 1. The number of hydrogen-bond donors (Lipinski definition) is 1. The van der Waals surface area contributed by atoms with Crippen molar-refractivity contribution in [1.29, 1.82) is 0 Å². The highest BCUT2D eigenvalue weighted by atomic mass is 35.5. The summed E-state index contributed by atoms with van der Waals surface area (Å²) in [5.41, 5.74) is 0.144. The number of ether oxygens (including phenoxy) is 1. The van der Waals surface area contributed by atoms with Gasteiger partial charge in [0, 0.05) is 31.7 Å². The van der Waals surface area contributed by atoms with Crippen LogP contribution in [0.4, 0.5) is 0 Å². The molecule has 2 aromatic rings. The first kappa shape index (κ1) is 17.7. The van der Waals surface area contributed by atoms with Gasteiger partial charge in [-0.25, -0.2) is 9.78 Å². The second-order valence-electron chi connectivity index (χ2n) is 6.47. The lowest BCUT2D eigenvalue weighted by Gasteiger charge is -2.38. The number of piperazine rings is 1. The normalized spacial score (nSPS) is 24.0. The zero-order valence-electron chi connectivity index (χ0n) is 14.4. The maximum absolute atomic E-state index is 13.2. The minimum absolute atomic E-state index is 0.0583. The van der Waals surface area contributed by atoms with Gasteiger partial charge in [-0.15, -0.1) is 0 Å². The molecule has 0 saturated carbocycles. The van der Waals surface area contributed by atoms with Gasteiger partial charge in [0.1, 0.15) is 6.61 Å². The molecular formula is C17H18ClN5O4. The van der Waals surface area contributed by atoms with E-state index in [4.69, 9.17) is 16.3 Å². The van der Waals surface area contributed by atoms with Gasteiger partial charge in [-0.2, -0.15) is 0 Å². The highest BCUT2D eigenvalue weighted by Crippen LogP contribution is 2.33. The lowest BCUT2D eigenvalue weighted by atomic mass is 10.1. The molecule has 2 aliphatic heterocycles. The molecule has 2 aliphatic rings. The number of aromatic amines is 1. The van der Waals surface area contributed by atoms with E-state index in [1.807, 2.05) is 0 Å². The van der Waals surface area contributed by atoms with Crippen molar-refractivity contribution >= 4 is 17.5 Å². The van der Waals surface area contributed by atoms with Crippen molar-refractivity contribution in [3.8, 4) is 5.88 Å². The summed E-state index contributed by atoms with van der Waals surface area (Å²) in [6, 6.07) is 3.03. The fraction of sp³-hybridized carbons (Fsp3) is 0.412. The Bertz CT molecular complexity index is 926. The van der Waals surface area contributed by atoms with Crippen LogP contribution in [0.1, 0.15) is 28.8 Å². The van der Waals surface area contributed by atoms with Crippen LogP contribution < -0.4 is 10.5 Å². The Hall–Kier alpha value is -2.65. The Morgan fingerprint density at radius 1 is 1.48 bits per heavy atom. The average molecular weight is 392 g/mol. The lowest BCUT2D eigenvalue weighted by molar-refractivity contribution is 0.0471. The molecule has 0 aliphatic carbocycles. The van der Waals surface area contributed by atoms with Gasteiger partial charge in [0.2, 0.25) is 5.88 Å². The average Bonchev–Trinajstić information content (AvgIpc) is 3.28. The van der Waals surface area contributed by atoms with Gasteiger partial charge >= 0.3 is 5.76 Å². The third-order valence-electron chi connectivity index (χ3n) is 4.85. The number of carbonyl (C=O) groups is 1. The van der Waals surface area contributed by atoms with E-state index in [2.05, 4.69) is 31.1 Å². The second-order valence-corrected chi connectivity index (χ2v) is 6.88. The number of hydrogen-bond acceptors (Lipinski definition) is 7. The van der Waals surface area contributed by atoms with Crippen LogP contribution in [0.5, 0.6) is 5.88 Å². The summed E-state index contributed by atoms with van der Waals surface area (Å²) in [5, 5.41) is 4.06. The summed E-state index contributed by atoms with van der Waals surface area (Å²) < 4.78 is 10.0. The van der Waals surface area contributed by atoms with Crippen LogP contribution >= 0.6 is 11.6 Å². The van der Waals surface area contributed by atoms with Gasteiger partial charge in [-0.05, 0) is 12.5 Å². The third kappa shape index (κ3) is 3.35. The molecule has 142 valence electrons. The first-order chi connectivity index (χ1) is 13.1. The molecule has 3 atom stereocenters. The van der Waals surface area contributed by atoms with Crippen LogP contribution in [-0.4, -0.2) is 63.1 Å². The van der Waals surface area contributed by atoms with Crippen LogP contribution in [0.3, 0.4) is 0 Å². The van der Waals surface area contributed by atoms with Crippen LogP contribution in [-0.2, 0) is 0 Å². The molecule has 3 unspecified atom stereocenters. The van der Waals surface area contributed by atoms with Crippen LogP contribution in [0.2, 0.25) is 5.02 Å². The van der Waals surface area contributed by atoms with Crippen molar-refractivity contribution in [3.63, 3.8) is 0 Å². The van der Waals surface area contributed by atoms with Gasteiger partial charge in [-0.1, -0.05) is 29.4 Å². The number of nitrogens with one attached hydrogen (secondary N) is 1. The molecule has 2 saturated heterocycles. The summed E-state index contributed by atoms with van der Waals surface area (Å²) in [4.78, 5) is 35.3. The van der Waals surface area contributed by atoms with Gasteiger partial charge in [0.25, 0.3) is 5.91 Å². The predicted molar refractivity (Wildman–Crippen MR) is 95.8 cm³/mol. The topological polar surface area (TPSA) is 105 Å². The molecule has 27 heavy (non-hydrogen) atoms. The molecule has 2 bridgehead atoms. The number of H-pyrrole nitrogens is 1. The minimum Gasteiger partial charge on any atom is -0.473 e. The van der Waals surface area contributed by atoms with Crippen molar-refractivity contribution in [2.75, 3.05) is 26.2 Å². The van der Waals surface area contributed by atoms with Crippen molar-refractivity contribution in [2.24, 2.45) is 0 Å². The Balaban J connectivity index is 1.61. The molecule has 2 fully saturated rings. The van der Waals surface area contributed by atoms with Crippen molar-refractivity contribution in [2.45, 2.75) is 18.5 Å². The maximum atomic E-state index is 13.2. The summed E-state index contributed by atoms with van der Waals surface area (Å²) in [6.45, 7) is 5.73. The van der Waals surface area contributed by atoms with E-state index in [0.717, 1.165) is 13.0 Å². The van der Waals surface area contributed by atoms with E-state index < -0.39 is 5.76 Å². The molecule has 0 spiro atoms. The molecule has 9 nitrogen and oxygen atoms in total. The third-order valence-corrected chi connectivity index (χ3v) is 5.16. The summed E-state index contributed by atoms with van der Waals surface area (Å²) in [5.74, 6) is -0.155. The molecular weight excluding hydrogens is 374 g/mol. The maximum Gasteiger partial charge on any atom is 0.438 e. The fourth-order valence-electron chi connectivity index (χ4n) is 3.58. The highest BCUT2D eigenvalue weighted by Gasteiger charge is 2.43. The summed E-state index contributed by atoms with van der Waals surface area (Å²) in [7, 11) is 0. The first-order valence-corrected chi connectivity index (χ1v) is 8.95. The van der Waals surface area contributed by atoms with Crippen LogP contribution in [0.15, 0.2) is 34.1 Å². The largest absolute Gasteiger partial charge is 0.473 e. The number of carbonyl (C=O) groups excluding carboxylic acids is 1. The molecule has 0 aromatic carbocycles. The van der Waals surface area contributed by atoms with E-state index in [-0.39, 0.29) is 35.3 Å². The van der Waals surface area contributed by atoms with Crippen molar-refractivity contribution in [1.82, 2.24) is 24.9 Å². The zero-order chi connectivity index (χ0) is 19.0. The Labute approximate surface area is 159 Å². The molecule has 1 N–H and O–H groups in total. The smallest absolute Gasteiger partial charge is 0.438 e. The van der Waals surface area contributed by atoms with Crippen molar-refractivity contribution in [3.05, 3.63) is 51.9 Å².